The molecule has 0 spiro atoms. The van der Waals surface area contributed by atoms with Gasteiger partial charge in [-0.2, -0.15) is 0 Å². The van der Waals surface area contributed by atoms with Gasteiger partial charge in [0.25, 0.3) is 0 Å². The summed E-state index contributed by atoms with van der Waals surface area (Å²) in [5.74, 6) is 1.46. The predicted molar refractivity (Wildman–Crippen MR) is 165 cm³/mol. The van der Waals surface area contributed by atoms with E-state index in [0.29, 0.717) is 43.6 Å². The van der Waals surface area contributed by atoms with Gasteiger partial charge in [0.2, 0.25) is 0 Å². The molecule has 0 amide bonds. The zero-order valence-electron chi connectivity index (χ0n) is 28.0. The van der Waals surface area contributed by atoms with E-state index < -0.39 is 43.4 Å². The highest BCUT2D eigenvalue weighted by atomic mass is 16.7. The Bertz CT molecular complexity index is 1010. The van der Waals surface area contributed by atoms with E-state index in [1.807, 2.05) is 0 Å². The maximum atomic E-state index is 12.1. The van der Waals surface area contributed by atoms with Crippen molar-refractivity contribution >= 4 is 5.97 Å². The van der Waals surface area contributed by atoms with Crippen LogP contribution in [0, 0.1) is 52.3 Å². The zero-order chi connectivity index (χ0) is 32.8. The summed E-state index contributed by atoms with van der Waals surface area (Å²) in [6, 6.07) is 0. The molecule has 10 nitrogen and oxygen atoms in total. The third-order valence-corrected chi connectivity index (χ3v) is 13.6. The molecule has 5 fully saturated rings. The second kappa shape index (κ2) is 13.9. The first-order chi connectivity index (χ1) is 21.2. The van der Waals surface area contributed by atoms with Gasteiger partial charge in [0, 0.05) is 6.92 Å². The summed E-state index contributed by atoms with van der Waals surface area (Å²) in [5.41, 5.74) is -0.360. The van der Waals surface area contributed by atoms with Crippen LogP contribution in [0.3, 0.4) is 0 Å². The molecule has 6 N–H and O–H groups in total. The number of fused-ring (bicyclic) bond motifs is 5. The Hall–Kier alpha value is -0.850. The molecular weight excluding hydrogens is 580 g/mol. The smallest absolute Gasteiger partial charge is 0.302 e. The number of hydrogen-bond acceptors (Lipinski definition) is 10. The van der Waals surface area contributed by atoms with Crippen LogP contribution in [0.4, 0.5) is 0 Å². The second-order valence-corrected chi connectivity index (χ2v) is 16.1. The van der Waals surface area contributed by atoms with E-state index in [2.05, 4.69) is 27.7 Å². The number of aliphatic hydroxyl groups is 6. The van der Waals surface area contributed by atoms with Gasteiger partial charge in [-0.1, -0.05) is 40.5 Å². The minimum absolute atomic E-state index is 0.0524. The molecule has 1 aliphatic heterocycles. The van der Waals surface area contributed by atoms with E-state index in [-0.39, 0.29) is 52.7 Å². The molecule has 5 aliphatic rings. The van der Waals surface area contributed by atoms with Crippen molar-refractivity contribution in [2.24, 2.45) is 52.3 Å². The minimum Gasteiger partial charge on any atom is -0.466 e. The van der Waals surface area contributed by atoms with Crippen molar-refractivity contribution < 1.29 is 49.6 Å². The molecule has 17 atom stereocenters. The zero-order valence-corrected chi connectivity index (χ0v) is 28.0. The Morgan fingerprint density at radius 3 is 2.36 bits per heavy atom. The predicted octanol–water partition coefficient (Wildman–Crippen LogP) is 2.78. The largest absolute Gasteiger partial charge is 0.466 e. The number of aliphatic hydroxyl groups excluding tert-OH is 6. The van der Waals surface area contributed by atoms with E-state index in [9.17, 15) is 35.4 Å². The molecule has 0 unspecified atom stereocenters. The molecule has 1 saturated heterocycles. The Morgan fingerprint density at radius 2 is 1.67 bits per heavy atom. The summed E-state index contributed by atoms with van der Waals surface area (Å²) >= 11 is 0. The summed E-state index contributed by atoms with van der Waals surface area (Å²) in [4.78, 5) is 11.2. The maximum absolute atomic E-state index is 12.1. The van der Waals surface area contributed by atoms with Crippen molar-refractivity contribution in [3.63, 3.8) is 0 Å². The van der Waals surface area contributed by atoms with Crippen LogP contribution in [0.15, 0.2) is 0 Å². The standard InChI is InChI=1S/C35H60O10/c1-18(17-43-20(3)37)7-6-8-19(2)23-9-10-24-29-25(15-28(39)35(23,24)5)34(4)12-11-22(38)13-21(34)14-26(29)44-33-32(42)31(41)30(40)27(16-36)45-33/h18-19,21-33,36,38-42H,6-17H2,1-5H3/t18-,19-,21+,22-,23-,24+,25+,26-,27-,28+,29+,30+,31+,32-,33-,34+,35-/m1/s1. The quantitative estimate of drug-likeness (QED) is 0.154. The van der Waals surface area contributed by atoms with Gasteiger partial charge in [0.1, 0.15) is 24.4 Å². The van der Waals surface area contributed by atoms with Crippen molar-refractivity contribution in [2.45, 2.75) is 148 Å². The molecule has 4 aliphatic carbocycles. The average molecular weight is 641 g/mol. The lowest BCUT2D eigenvalue weighted by Gasteiger charge is -2.64. The summed E-state index contributed by atoms with van der Waals surface area (Å²) < 4.78 is 17.7. The molecule has 5 rings (SSSR count). The number of rotatable bonds is 10. The van der Waals surface area contributed by atoms with E-state index in [0.717, 1.165) is 44.9 Å². The third kappa shape index (κ3) is 6.61. The number of carbonyl (C=O) groups is 1. The topological polar surface area (TPSA) is 166 Å². The van der Waals surface area contributed by atoms with Crippen molar-refractivity contribution in [3.05, 3.63) is 0 Å². The van der Waals surface area contributed by atoms with Gasteiger partial charge in [-0.05, 0) is 104 Å². The molecule has 4 saturated carbocycles. The lowest BCUT2D eigenvalue weighted by molar-refractivity contribution is -0.330. The minimum atomic E-state index is -1.51. The van der Waals surface area contributed by atoms with Crippen LogP contribution in [-0.2, 0) is 19.0 Å². The molecule has 10 heteroatoms. The fourth-order valence-corrected chi connectivity index (χ4v) is 10.9. The molecule has 260 valence electrons. The maximum Gasteiger partial charge on any atom is 0.302 e. The van der Waals surface area contributed by atoms with Crippen LogP contribution in [-0.4, -0.2) is 98.8 Å². The normalized spacial score (nSPS) is 49.4. The molecular formula is C35H60O10. The highest BCUT2D eigenvalue weighted by molar-refractivity contribution is 5.65. The van der Waals surface area contributed by atoms with Crippen LogP contribution in [0.25, 0.3) is 0 Å². The van der Waals surface area contributed by atoms with Gasteiger partial charge in [-0.3, -0.25) is 4.79 Å². The Morgan fingerprint density at radius 1 is 0.933 bits per heavy atom. The van der Waals surface area contributed by atoms with Crippen LogP contribution >= 0.6 is 0 Å². The summed E-state index contributed by atoms with van der Waals surface area (Å²) in [7, 11) is 0. The highest BCUT2D eigenvalue weighted by Crippen LogP contribution is 2.69. The van der Waals surface area contributed by atoms with E-state index >= 15 is 0 Å². The van der Waals surface area contributed by atoms with Crippen molar-refractivity contribution in [2.75, 3.05) is 13.2 Å². The molecule has 1 heterocycles. The van der Waals surface area contributed by atoms with Crippen molar-refractivity contribution in [1.29, 1.82) is 0 Å². The number of ether oxygens (including phenoxy) is 3. The fourth-order valence-electron chi connectivity index (χ4n) is 10.9. The van der Waals surface area contributed by atoms with Crippen molar-refractivity contribution in [3.8, 4) is 0 Å². The van der Waals surface area contributed by atoms with E-state index in [4.69, 9.17) is 14.2 Å². The van der Waals surface area contributed by atoms with Gasteiger partial charge in [0.05, 0.1) is 31.5 Å². The number of esters is 1. The first-order valence-corrected chi connectivity index (χ1v) is 17.7. The molecule has 0 aromatic rings. The van der Waals surface area contributed by atoms with Crippen LogP contribution in [0.2, 0.25) is 0 Å². The van der Waals surface area contributed by atoms with Gasteiger partial charge < -0.3 is 44.8 Å². The van der Waals surface area contributed by atoms with Gasteiger partial charge in [0.15, 0.2) is 6.29 Å². The summed E-state index contributed by atoms with van der Waals surface area (Å²) in [6.07, 6.45) is 0.909. The Kier molecular flexibility index (Phi) is 11.0. The Labute approximate surface area is 268 Å². The molecule has 0 bridgehead atoms. The molecule has 0 aromatic heterocycles. The van der Waals surface area contributed by atoms with Gasteiger partial charge in [-0.15, -0.1) is 0 Å². The lowest BCUT2D eigenvalue weighted by atomic mass is 9.43. The molecule has 45 heavy (non-hydrogen) atoms. The average Bonchev–Trinajstić information content (AvgIpc) is 3.36. The second-order valence-electron chi connectivity index (χ2n) is 16.1. The van der Waals surface area contributed by atoms with Crippen LogP contribution < -0.4 is 0 Å². The first kappa shape index (κ1) is 35.5. The summed E-state index contributed by atoms with van der Waals surface area (Å²) in [6.45, 7) is 10.4. The van der Waals surface area contributed by atoms with Crippen LogP contribution in [0.5, 0.6) is 0 Å². The molecule has 0 radical (unpaired) electrons. The first-order valence-electron chi connectivity index (χ1n) is 17.7. The monoisotopic (exact) mass is 640 g/mol. The van der Waals surface area contributed by atoms with Crippen LogP contribution in [0.1, 0.15) is 98.8 Å². The number of carbonyl (C=O) groups excluding carboxylic acids is 1. The third-order valence-electron chi connectivity index (χ3n) is 13.6. The Balaban J connectivity index is 1.37. The van der Waals surface area contributed by atoms with E-state index in [1.165, 1.54) is 6.92 Å². The highest BCUT2D eigenvalue weighted by Gasteiger charge is 2.66. The van der Waals surface area contributed by atoms with Gasteiger partial charge >= 0.3 is 5.97 Å². The number of hydrogen-bond donors (Lipinski definition) is 6. The van der Waals surface area contributed by atoms with E-state index in [1.54, 1.807) is 0 Å². The fraction of sp³-hybridized carbons (Fsp3) is 0.971. The lowest BCUT2D eigenvalue weighted by Crippen LogP contribution is -2.65. The SMILES string of the molecule is CC(=O)OC[C@H](C)CCC[C@@H](C)[C@H]1CC[C@H]2[C@@H]3[C@H](O[C@@H]4O[C@H](CO)[C@H](O)[C@H](O)[C@H]4O)C[C@@H]4C[C@H](O)CC[C@]4(C)[C@H]3C[C@H](O)[C@]12C. The van der Waals surface area contributed by atoms with Gasteiger partial charge in [-0.25, -0.2) is 0 Å². The summed E-state index contributed by atoms with van der Waals surface area (Å²) in [5, 5.41) is 64.3. The van der Waals surface area contributed by atoms with Crippen molar-refractivity contribution in [1.82, 2.24) is 0 Å². The molecule has 0 aromatic carbocycles.